The first-order chi connectivity index (χ1) is 29.6. The molecule has 2 aromatic carbocycles. The summed E-state index contributed by atoms with van der Waals surface area (Å²) in [5.74, 6) is -1.19. The third-order valence-corrected chi connectivity index (χ3v) is 12.3. The number of hydrogen-bond acceptors (Lipinski definition) is 10. The molecule has 1 atom stereocenters. The number of halogens is 1. The smallest absolute Gasteiger partial charge is 0.308 e. The Morgan fingerprint density at radius 2 is 1.70 bits per heavy atom. The van der Waals surface area contributed by atoms with Gasteiger partial charge in [-0.2, -0.15) is 0 Å². The highest BCUT2D eigenvalue weighted by molar-refractivity contribution is 6.32. The molecule has 2 heterocycles. The topological polar surface area (TPSA) is 215 Å². The Morgan fingerprint density at radius 1 is 0.984 bits per heavy atom. The molecular weight excluding hydrogens is 802 g/mol. The number of carbonyl (C=O) groups excluding carboxylic acids is 3. The average Bonchev–Trinajstić information content (AvgIpc) is 4.05. The van der Waals surface area contributed by atoms with Crippen LogP contribution in [0.15, 0.2) is 48.5 Å². The van der Waals surface area contributed by atoms with Crippen molar-refractivity contribution >= 4 is 35.3 Å². The fraction of sp³-hybridized carbons (Fsp3) is 0.545. The minimum absolute atomic E-state index is 0.0356. The van der Waals surface area contributed by atoms with Gasteiger partial charge in [0.1, 0.15) is 11.5 Å². The number of aryl methyl sites for hydroxylation is 1. The molecule has 2 fully saturated rings. The summed E-state index contributed by atoms with van der Waals surface area (Å²) in [5, 5.41) is 33.5. The quantitative estimate of drug-likeness (QED) is 0.0613. The molecule has 0 spiro atoms. The van der Waals surface area contributed by atoms with Gasteiger partial charge in [0.2, 0.25) is 11.8 Å². The van der Waals surface area contributed by atoms with E-state index in [1.165, 1.54) is 0 Å². The normalized spacial score (nSPS) is 17.8. The third-order valence-electron chi connectivity index (χ3n) is 12.0. The van der Waals surface area contributed by atoms with Crippen molar-refractivity contribution in [2.24, 2.45) is 17.3 Å². The van der Waals surface area contributed by atoms with Gasteiger partial charge in [-0.25, -0.2) is 10.1 Å². The lowest BCUT2D eigenvalue weighted by Crippen LogP contribution is -2.48. The number of carboxylic acids is 1. The Balaban J connectivity index is 0.988. The Hall–Kier alpha value is -5.19. The highest BCUT2D eigenvalue weighted by Crippen LogP contribution is 2.44. The number of tetrazole rings is 1. The lowest BCUT2D eigenvalue weighted by molar-refractivity contribution is -0.147. The monoisotopic (exact) mass is 859 g/mol. The summed E-state index contributed by atoms with van der Waals surface area (Å²) >= 11 is 6.64. The van der Waals surface area contributed by atoms with Crippen LogP contribution in [0.5, 0.6) is 0 Å². The summed E-state index contributed by atoms with van der Waals surface area (Å²) < 4.78 is 12.4. The molecule has 6 rings (SSSR count). The van der Waals surface area contributed by atoms with E-state index in [1.807, 2.05) is 53.1 Å². The summed E-state index contributed by atoms with van der Waals surface area (Å²) in [6.07, 6.45) is 8.34. The lowest BCUT2D eigenvalue weighted by Gasteiger charge is -2.34. The Bertz CT molecular complexity index is 2060. The number of aromatic amines is 1. The van der Waals surface area contributed by atoms with Gasteiger partial charge in [0.05, 0.1) is 31.2 Å². The van der Waals surface area contributed by atoms with Crippen LogP contribution in [0.2, 0.25) is 5.15 Å². The maximum atomic E-state index is 13.7. The number of aromatic nitrogens is 6. The summed E-state index contributed by atoms with van der Waals surface area (Å²) in [7, 11) is 1.56. The number of rotatable bonds is 22. The molecule has 0 bridgehead atoms. The second-order valence-electron chi connectivity index (χ2n) is 16.2. The van der Waals surface area contributed by atoms with E-state index in [4.69, 9.17) is 21.1 Å². The average molecular weight is 860 g/mol. The molecule has 16 nitrogen and oxygen atoms in total. The largest absolute Gasteiger partial charge is 0.481 e. The van der Waals surface area contributed by atoms with Crippen molar-refractivity contribution in [1.29, 1.82) is 0 Å². The number of methoxy groups -OCH3 is 1. The standard InChI is InChI=1S/C44H58ClN9O7/c1-3-4-11-36-49-38(45)37(54(36)27-29-12-14-30(15-13-29)34-9-5-6-10-35(34)39-50-52-53-51-39)41(56)47-23-22-46-40(55)31-16-18-33(19-17-31)48-43(59)44(20-7-8-21-44)26-32(42(57)58)28-61-25-24-60-2/h5-6,9-10,12-15,31-33H,3-4,7-8,11,16-28H2,1-2H3,(H,46,55)(H,47,56)(H,48,59)(H,57,58)(H,50,51,52,53). The summed E-state index contributed by atoms with van der Waals surface area (Å²) in [5.41, 5.74) is 3.36. The van der Waals surface area contributed by atoms with Crippen LogP contribution >= 0.6 is 11.6 Å². The molecule has 1 unspecified atom stereocenters. The van der Waals surface area contributed by atoms with Gasteiger partial charge in [0, 0.05) is 50.7 Å². The summed E-state index contributed by atoms with van der Waals surface area (Å²) in [6, 6.07) is 15.9. The van der Waals surface area contributed by atoms with Crippen LogP contribution in [0.3, 0.4) is 0 Å². The molecule has 328 valence electrons. The van der Waals surface area contributed by atoms with Gasteiger partial charge in [0.25, 0.3) is 5.91 Å². The van der Waals surface area contributed by atoms with Crippen molar-refractivity contribution in [3.63, 3.8) is 0 Å². The number of ether oxygens (including phenoxy) is 2. The molecule has 17 heteroatoms. The van der Waals surface area contributed by atoms with Crippen LogP contribution in [0.25, 0.3) is 22.5 Å². The molecule has 0 radical (unpaired) electrons. The minimum atomic E-state index is -0.964. The highest BCUT2D eigenvalue weighted by Gasteiger charge is 2.45. The predicted molar refractivity (Wildman–Crippen MR) is 229 cm³/mol. The van der Waals surface area contributed by atoms with Crippen LogP contribution < -0.4 is 16.0 Å². The molecule has 2 aliphatic carbocycles. The zero-order chi connectivity index (χ0) is 43.2. The molecule has 5 N–H and O–H groups in total. The first-order valence-corrected chi connectivity index (χ1v) is 21.8. The molecule has 2 saturated carbocycles. The number of imidazole rings is 1. The van der Waals surface area contributed by atoms with Gasteiger partial charge in [-0.1, -0.05) is 86.3 Å². The Kier molecular flexibility index (Phi) is 16.4. The molecule has 2 aromatic heterocycles. The van der Waals surface area contributed by atoms with Gasteiger partial charge >= 0.3 is 5.97 Å². The van der Waals surface area contributed by atoms with E-state index >= 15 is 0 Å². The van der Waals surface area contributed by atoms with Crippen LogP contribution in [0.1, 0.15) is 99.4 Å². The number of carbonyl (C=O) groups is 4. The fourth-order valence-corrected chi connectivity index (χ4v) is 8.91. The number of H-pyrrole nitrogens is 1. The van der Waals surface area contributed by atoms with Crippen molar-refractivity contribution in [2.75, 3.05) is 40.0 Å². The van der Waals surface area contributed by atoms with E-state index in [0.717, 1.165) is 53.8 Å². The van der Waals surface area contributed by atoms with Gasteiger partial charge < -0.3 is 35.1 Å². The molecule has 4 aromatic rings. The van der Waals surface area contributed by atoms with Gasteiger partial charge in [-0.3, -0.25) is 19.2 Å². The highest BCUT2D eigenvalue weighted by atomic mass is 35.5. The molecule has 0 aliphatic heterocycles. The van der Waals surface area contributed by atoms with E-state index in [1.54, 1.807) is 7.11 Å². The number of amides is 3. The zero-order valence-electron chi connectivity index (χ0n) is 35.1. The number of hydrogen-bond donors (Lipinski definition) is 5. The van der Waals surface area contributed by atoms with Crippen LogP contribution in [0.4, 0.5) is 0 Å². The van der Waals surface area contributed by atoms with Gasteiger partial charge in [-0.15, -0.1) is 5.10 Å². The maximum absolute atomic E-state index is 13.7. The van der Waals surface area contributed by atoms with Crippen molar-refractivity contribution in [2.45, 2.75) is 96.6 Å². The van der Waals surface area contributed by atoms with Gasteiger partial charge in [0.15, 0.2) is 11.0 Å². The maximum Gasteiger partial charge on any atom is 0.308 e. The predicted octanol–water partition coefficient (Wildman–Crippen LogP) is 5.61. The number of aliphatic carboxylic acids is 1. The molecule has 61 heavy (non-hydrogen) atoms. The van der Waals surface area contributed by atoms with Gasteiger partial charge in [-0.05, 0) is 78.5 Å². The number of nitrogens with one attached hydrogen (secondary N) is 4. The van der Waals surface area contributed by atoms with E-state index in [-0.39, 0.29) is 66.6 Å². The minimum Gasteiger partial charge on any atom is -0.481 e. The summed E-state index contributed by atoms with van der Waals surface area (Å²) in [6.45, 7) is 3.64. The van der Waals surface area contributed by atoms with Crippen molar-refractivity contribution in [3.8, 4) is 22.5 Å². The number of nitrogens with zero attached hydrogens (tertiary/aromatic N) is 5. The molecule has 2 aliphatic rings. The first-order valence-electron chi connectivity index (χ1n) is 21.5. The second kappa shape index (κ2) is 22.1. The van der Waals surface area contributed by atoms with E-state index in [2.05, 4.69) is 48.5 Å². The number of unbranched alkanes of at least 4 members (excludes halogenated alkanes) is 1. The van der Waals surface area contributed by atoms with Crippen molar-refractivity contribution < 1.29 is 33.8 Å². The summed E-state index contributed by atoms with van der Waals surface area (Å²) in [4.78, 5) is 57.2. The van der Waals surface area contributed by atoms with E-state index in [0.29, 0.717) is 70.5 Å². The van der Waals surface area contributed by atoms with Crippen LogP contribution in [-0.2, 0) is 36.8 Å². The third kappa shape index (κ3) is 11.8. The SMILES string of the molecule is CCCCc1nc(Cl)c(C(=O)NCCNC(=O)C2CCC(NC(=O)C3(CC(COCCOC)C(=O)O)CCCC3)CC2)n1Cc1ccc(-c2ccccc2-c2nnn[nH]2)cc1. The zero-order valence-corrected chi connectivity index (χ0v) is 35.8. The molecule has 0 saturated heterocycles. The van der Waals surface area contributed by atoms with Crippen molar-refractivity contribution in [1.82, 2.24) is 46.1 Å². The van der Waals surface area contributed by atoms with E-state index < -0.39 is 17.3 Å². The Labute approximate surface area is 361 Å². The molecule has 3 amide bonds. The van der Waals surface area contributed by atoms with Crippen LogP contribution in [0, 0.1) is 17.3 Å². The number of carboxylic acid groups (broad SMARTS) is 1. The van der Waals surface area contributed by atoms with Crippen LogP contribution in [-0.4, -0.2) is 105 Å². The Morgan fingerprint density at radius 3 is 2.38 bits per heavy atom. The lowest BCUT2D eigenvalue weighted by atomic mass is 9.76. The molecular formula is C44H58ClN9O7. The number of benzene rings is 2. The first kappa shape index (κ1) is 45.3. The fourth-order valence-electron chi connectivity index (χ4n) is 8.63. The van der Waals surface area contributed by atoms with Crippen molar-refractivity contribution in [3.05, 3.63) is 70.8 Å². The van der Waals surface area contributed by atoms with E-state index in [9.17, 15) is 24.3 Å². The second-order valence-corrected chi connectivity index (χ2v) is 16.6.